The van der Waals surface area contributed by atoms with Crippen molar-refractivity contribution < 1.29 is 4.74 Å². The normalized spacial score (nSPS) is 13.6. The molecule has 2 heteroatoms. The van der Waals surface area contributed by atoms with Crippen LogP contribution in [-0.2, 0) is 4.74 Å². The van der Waals surface area contributed by atoms with Crippen molar-refractivity contribution in [3.8, 4) is 0 Å². The van der Waals surface area contributed by atoms with Crippen molar-refractivity contribution in [1.29, 1.82) is 0 Å². The van der Waals surface area contributed by atoms with E-state index in [0.29, 0.717) is 13.2 Å². The summed E-state index contributed by atoms with van der Waals surface area (Å²) in [6.07, 6.45) is 7.95. The molecule has 80 valence electrons. The van der Waals surface area contributed by atoms with Crippen molar-refractivity contribution in [3.05, 3.63) is 35.4 Å². The van der Waals surface area contributed by atoms with E-state index in [1.165, 1.54) is 0 Å². The predicted octanol–water partition coefficient (Wildman–Crippen LogP) is 4.07. The van der Waals surface area contributed by atoms with Gasteiger partial charge in [0.25, 0.3) is 0 Å². The Morgan fingerprint density at radius 3 is 2.57 bits per heavy atom. The van der Waals surface area contributed by atoms with E-state index in [1.807, 2.05) is 12.2 Å². The monoisotopic (exact) mass is 258 g/mol. The van der Waals surface area contributed by atoms with Crippen molar-refractivity contribution in [2.75, 3.05) is 13.2 Å². The summed E-state index contributed by atoms with van der Waals surface area (Å²) in [5.41, 5.74) is 0.228. The largest absolute Gasteiger partial charge is 0.372 e. The number of hydrogen-bond acceptors (Lipinski definition) is 1. The maximum Gasteiger partial charge on any atom is 0.0786 e. The maximum atomic E-state index is 5.26. The first-order chi connectivity index (χ1) is 6.45. The van der Waals surface area contributed by atoms with Crippen LogP contribution in [0.1, 0.15) is 20.8 Å². The summed E-state index contributed by atoms with van der Waals surface area (Å²) >= 11 is 3.43. The van der Waals surface area contributed by atoms with E-state index in [4.69, 9.17) is 4.74 Å². The number of rotatable bonds is 5. The van der Waals surface area contributed by atoms with E-state index in [1.54, 1.807) is 6.08 Å². The second kappa shape index (κ2) is 7.02. The summed E-state index contributed by atoms with van der Waals surface area (Å²) < 4.78 is 6.30. The lowest BCUT2D eigenvalue weighted by Gasteiger charge is -2.10. The molecule has 0 heterocycles. The molecule has 0 saturated carbocycles. The zero-order chi connectivity index (χ0) is 11.0. The third kappa shape index (κ3) is 9.75. The van der Waals surface area contributed by atoms with Gasteiger partial charge in [0, 0.05) is 4.48 Å². The second-order valence-electron chi connectivity index (χ2n) is 4.14. The molecule has 0 bridgehead atoms. The molecule has 0 rings (SSSR count). The molecule has 0 unspecified atom stereocenters. The number of ether oxygens (including phenoxy) is 1. The van der Waals surface area contributed by atoms with Crippen LogP contribution in [0.4, 0.5) is 0 Å². The molecule has 0 N–H and O–H groups in total. The summed E-state index contributed by atoms with van der Waals surface area (Å²) in [7, 11) is 0. The molecule has 1 nitrogen and oxygen atoms in total. The van der Waals surface area contributed by atoms with Crippen LogP contribution < -0.4 is 0 Å². The summed E-state index contributed by atoms with van der Waals surface area (Å²) in [4.78, 5) is 0. The highest BCUT2D eigenvalue weighted by Crippen LogP contribution is 2.15. The van der Waals surface area contributed by atoms with E-state index in [9.17, 15) is 0 Å². The molecule has 0 aliphatic rings. The average Bonchev–Trinajstić information content (AvgIpc) is 2.02. The zero-order valence-corrected chi connectivity index (χ0v) is 10.8. The molecule has 0 atom stereocenters. The zero-order valence-electron chi connectivity index (χ0n) is 9.22. The molecular weight excluding hydrogens is 240 g/mol. The smallest absolute Gasteiger partial charge is 0.0786 e. The van der Waals surface area contributed by atoms with Crippen LogP contribution >= 0.6 is 15.9 Å². The minimum Gasteiger partial charge on any atom is -0.372 e. The van der Waals surface area contributed by atoms with E-state index in [2.05, 4.69) is 49.4 Å². The first kappa shape index (κ1) is 13.7. The first-order valence-corrected chi connectivity index (χ1v) is 5.47. The van der Waals surface area contributed by atoms with Gasteiger partial charge in [-0.3, -0.25) is 0 Å². The maximum absolute atomic E-state index is 5.26. The minimum absolute atomic E-state index is 0.228. The first-order valence-electron chi connectivity index (χ1n) is 4.68. The molecule has 0 amide bonds. The van der Waals surface area contributed by atoms with E-state index in [0.717, 1.165) is 4.48 Å². The second-order valence-corrected chi connectivity index (χ2v) is 5.16. The standard InChI is InChI=1S/C12H19BrO/c1-5-9-14-10-11(13)7-6-8-12(2,3)4/h5-8H,1,9-10H2,2-4H3/b8-6+,11-7-. The molecule has 0 aromatic rings. The van der Waals surface area contributed by atoms with Crippen LogP contribution in [0.3, 0.4) is 0 Å². The van der Waals surface area contributed by atoms with Gasteiger partial charge in [-0.05, 0) is 5.41 Å². The van der Waals surface area contributed by atoms with E-state index in [-0.39, 0.29) is 5.41 Å². The molecule has 0 spiro atoms. The summed E-state index contributed by atoms with van der Waals surface area (Å²) in [5.74, 6) is 0. The van der Waals surface area contributed by atoms with Gasteiger partial charge in [-0.15, -0.1) is 6.58 Å². The van der Waals surface area contributed by atoms with Crippen molar-refractivity contribution in [2.45, 2.75) is 20.8 Å². The third-order valence-electron chi connectivity index (χ3n) is 1.35. The SMILES string of the molecule is C=CCOC/C(Br)=C/C=C/C(C)(C)C. The molecule has 0 radical (unpaired) electrons. The summed E-state index contributed by atoms with van der Waals surface area (Å²) in [6, 6.07) is 0. The summed E-state index contributed by atoms with van der Waals surface area (Å²) in [6.45, 7) is 11.3. The highest BCUT2D eigenvalue weighted by molar-refractivity contribution is 9.11. The van der Waals surface area contributed by atoms with Gasteiger partial charge in [0.15, 0.2) is 0 Å². The van der Waals surface area contributed by atoms with Gasteiger partial charge in [-0.25, -0.2) is 0 Å². The van der Waals surface area contributed by atoms with Crippen molar-refractivity contribution in [1.82, 2.24) is 0 Å². The molecule has 0 saturated heterocycles. The fourth-order valence-electron chi connectivity index (χ4n) is 0.729. The van der Waals surface area contributed by atoms with Crippen LogP contribution in [0.5, 0.6) is 0 Å². The van der Waals surface area contributed by atoms with Gasteiger partial charge >= 0.3 is 0 Å². The fraction of sp³-hybridized carbons (Fsp3) is 0.500. The third-order valence-corrected chi connectivity index (χ3v) is 1.84. The Labute approximate surface area is 95.7 Å². The van der Waals surface area contributed by atoms with Crippen molar-refractivity contribution in [2.24, 2.45) is 5.41 Å². The lowest BCUT2D eigenvalue weighted by Crippen LogP contribution is -1.98. The topological polar surface area (TPSA) is 9.23 Å². The van der Waals surface area contributed by atoms with Crippen LogP contribution in [0.15, 0.2) is 35.4 Å². The lowest BCUT2D eigenvalue weighted by atomic mass is 9.96. The lowest BCUT2D eigenvalue weighted by molar-refractivity contribution is 0.192. The summed E-state index contributed by atoms with van der Waals surface area (Å²) in [5, 5.41) is 0. The van der Waals surface area contributed by atoms with Crippen LogP contribution in [-0.4, -0.2) is 13.2 Å². The van der Waals surface area contributed by atoms with Gasteiger partial charge in [0.05, 0.1) is 13.2 Å². The van der Waals surface area contributed by atoms with Gasteiger partial charge < -0.3 is 4.74 Å². The highest BCUT2D eigenvalue weighted by atomic mass is 79.9. The molecule has 0 aliphatic carbocycles. The van der Waals surface area contributed by atoms with Crippen LogP contribution in [0.25, 0.3) is 0 Å². The molecule has 0 fully saturated rings. The Balaban J connectivity index is 3.87. The van der Waals surface area contributed by atoms with Crippen molar-refractivity contribution >= 4 is 15.9 Å². The number of hydrogen-bond donors (Lipinski definition) is 0. The quantitative estimate of drug-likeness (QED) is 0.411. The molecule has 14 heavy (non-hydrogen) atoms. The van der Waals surface area contributed by atoms with Gasteiger partial charge in [0.2, 0.25) is 0 Å². The molecular formula is C12H19BrO. The van der Waals surface area contributed by atoms with Crippen LogP contribution in [0.2, 0.25) is 0 Å². The number of halogens is 1. The van der Waals surface area contributed by atoms with E-state index >= 15 is 0 Å². The Hall–Kier alpha value is -0.340. The van der Waals surface area contributed by atoms with E-state index < -0.39 is 0 Å². The molecule has 0 aromatic carbocycles. The van der Waals surface area contributed by atoms with Gasteiger partial charge in [0.1, 0.15) is 0 Å². The Kier molecular flexibility index (Phi) is 6.85. The fourth-order valence-corrected chi connectivity index (χ4v) is 1.04. The van der Waals surface area contributed by atoms with Crippen molar-refractivity contribution in [3.63, 3.8) is 0 Å². The minimum atomic E-state index is 0.228. The average molecular weight is 259 g/mol. The number of allylic oxidation sites excluding steroid dienone is 3. The Bertz CT molecular complexity index is 221. The van der Waals surface area contributed by atoms with Gasteiger partial charge in [-0.2, -0.15) is 0 Å². The Morgan fingerprint density at radius 1 is 1.43 bits per heavy atom. The van der Waals surface area contributed by atoms with Crippen LogP contribution in [0, 0.1) is 5.41 Å². The predicted molar refractivity (Wildman–Crippen MR) is 66.6 cm³/mol. The Morgan fingerprint density at radius 2 is 2.07 bits per heavy atom. The highest BCUT2D eigenvalue weighted by Gasteiger charge is 2.02. The van der Waals surface area contributed by atoms with Gasteiger partial charge in [-0.1, -0.05) is 61.0 Å². The molecule has 0 aromatic heterocycles. The molecule has 0 aliphatic heterocycles.